The van der Waals surface area contributed by atoms with E-state index in [9.17, 15) is 0 Å². The molecule has 2 atom stereocenters. The monoisotopic (exact) mass is 187 g/mol. The summed E-state index contributed by atoms with van der Waals surface area (Å²) < 4.78 is 5.40. The summed E-state index contributed by atoms with van der Waals surface area (Å²) in [6.45, 7) is 4.21. The van der Waals surface area contributed by atoms with Gasteiger partial charge in [0, 0.05) is 13.2 Å². The van der Waals surface area contributed by atoms with Crippen LogP contribution in [0.5, 0.6) is 0 Å². The molecular formula is C8H17N3O2. The second kappa shape index (κ2) is 5.04. The molecule has 0 aromatic carbocycles. The maximum Gasteiger partial charge on any atom is 0.153 e. The Morgan fingerprint density at radius 2 is 2.54 bits per heavy atom. The van der Waals surface area contributed by atoms with Crippen LogP contribution in [0.1, 0.15) is 13.3 Å². The Morgan fingerprint density at radius 3 is 3.08 bits per heavy atom. The fourth-order valence-electron chi connectivity index (χ4n) is 1.47. The fraction of sp³-hybridized carbons (Fsp3) is 0.875. The molecule has 5 nitrogen and oxygen atoms in total. The lowest BCUT2D eigenvalue weighted by atomic mass is 10.0. The molecule has 0 amide bonds. The van der Waals surface area contributed by atoms with Gasteiger partial charge in [-0.3, -0.25) is 0 Å². The van der Waals surface area contributed by atoms with Crippen molar-refractivity contribution in [3.8, 4) is 0 Å². The van der Waals surface area contributed by atoms with Crippen molar-refractivity contribution >= 4 is 5.84 Å². The number of nitrogens with two attached hydrogens (primary N) is 1. The summed E-state index contributed by atoms with van der Waals surface area (Å²) in [5.74, 6) is 0.762. The van der Waals surface area contributed by atoms with Crippen LogP contribution in [0, 0.1) is 5.92 Å². The first-order valence-corrected chi connectivity index (χ1v) is 4.52. The number of hydrogen-bond acceptors (Lipinski definition) is 4. The molecule has 1 aliphatic rings. The van der Waals surface area contributed by atoms with E-state index in [0.29, 0.717) is 18.6 Å². The molecule has 13 heavy (non-hydrogen) atoms. The topological polar surface area (TPSA) is 79.9 Å². The summed E-state index contributed by atoms with van der Waals surface area (Å²) in [4.78, 5) is 0. The molecule has 1 heterocycles. The highest BCUT2D eigenvalue weighted by Gasteiger charge is 2.23. The first kappa shape index (κ1) is 10.3. The van der Waals surface area contributed by atoms with Crippen molar-refractivity contribution in [2.24, 2.45) is 16.8 Å². The summed E-state index contributed by atoms with van der Waals surface area (Å²) in [5, 5.41) is 14.3. The van der Waals surface area contributed by atoms with E-state index < -0.39 is 0 Å². The number of nitrogens with zero attached hydrogens (tertiary/aromatic N) is 1. The van der Waals surface area contributed by atoms with Crippen molar-refractivity contribution in [3.05, 3.63) is 0 Å². The zero-order chi connectivity index (χ0) is 9.68. The van der Waals surface area contributed by atoms with Crippen LogP contribution in [-0.4, -0.2) is 36.8 Å². The van der Waals surface area contributed by atoms with E-state index in [1.165, 1.54) is 0 Å². The molecule has 0 aromatic heterocycles. The minimum Gasteiger partial charge on any atom is -0.409 e. The quantitative estimate of drug-likeness (QED) is 0.245. The number of hydrogen-bond donors (Lipinski definition) is 3. The second-order valence-electron chi connectivity index (χ2n) is 3.35. The molecule has 2 unspecified atom stereocenters. The molecule has 4 N–H and O–H groups in total. The van der Waals surface area contributed by atoms with Crippen LogP contribution in [0.25, 0.3) is 0 Å². The SMILES string of the molecule is CC1OCCC1CNCC(N)=NO. The minimum atomic E-state index is 0.214. The van der Waals surface area contributed by atoms with E-state index >= 15 is 0 Å². The standard InChI is InChI=1S/C8H17N3O2/c1-6-7(2-3-13-6)4-10-5-8(9)11-12/h6-7,10,12H,2-5H2,1H3,(H2,9,11). The van der Waals surface area contributed by atoms with Gasteiger partial charge in [0.25, 0.3) is 0 Å². The molecule has 1 fully saturated rings. The van der Waals surface area contributed by atoms with E-state index in [0.717, 1.165) is 19.6 Å². The summed E-state index contributed by atoms with van der Waals surface area (Å²) in [6, 6.07) is 0. The molecular weight excluding hydrogens is 170 g/mol. The Hall–Kier alpha value is -0.810. The summed E-state index contributed by atoms with van der Waals surface area (Å²) >= 11 is 0. The molecule has 0 saturated carbocycles. The number of nitrogens with one attached hydrogen (secondary N) is 1. The van der Waals surface area contributed by atoms with Crippen LogP contribution in [-0.2, 0) is 4.74 Å². The first-order valence-electron chi connectivity index (χ1n) is 4.52. The molecule has 1 rings (SSSR count). The molecule has 0 aromatic rings. The third-order valence-electron chi connectivity index (χ3n) is 2.37. The Morgan fingerprint density at radius 1 is 1.77 bits per heavy atom. The van der Waals surface area contributed by atoms with Gasteiger partial charge < -0.3 is 21.0 Å². The van der Waals surface area contributed by atoms with Crippen LogP contribution in [0.15, 0.2) is 5.16 Å². The number of rotatable bonds is 4. The zero-order valence-electron chi connectivity index (χ0n) is 7.86. The first-order chi connectivity index (χ1) is 6.24. The van der Waals surface area contributed by atoms with Gasteiger partial charge in [-0.2, -0.15) is 0 Å². The van der Waals surface area contributed by atoms with Gasteiger partial charge in [0.15, 0.2) is 5.84 Å². The Balaban J connectivity index is 2.12. The van der Waals surface area contributed by atoms with Gasteiger partial charge >= 0.3 is 0 Å². The Labute approximate surface area is 77.9 Å². The molecule has 0 bridgehead atoms. The molecule has 0 aliphatic carbocycles. The maximum absolute atomic E-state index is 8.28. The number of oxime groups is 1. The normalized spacial score (nSPS) is 29.5. The molecule has 5 heteroatoms. The predicted octanol–water partition coefficient (Wildman–Crippen LogP) is -0.253. The Bertz CT molecular complexity index is 184. The molecule has 0 radical (unpaired) electrons. The Kier molecular flexibility index (Phi) is 3.98. The van der Waals surface area contributed by atoms with Gasteiger partial charge in [-0.1, -0.05) is 5.16 Å². The van der Waals surface area contributed by atoms with E-state index in [1.54, 1.807) is 0 Å². The summed E-state index contributed by atoms with van der Waals surface area (Å²) in [7, 11) is 0. The smallest absolute Gasteiger partial charge is 0.153 e. The molecule has 1 aliphatic heterocycles. The largest absolute Gasteiger partial charge is 0.409 e. The molecule has 1 saturated heterocycles. The van der Waals surface area contributed by atoms with Crippen molar-refractivity contribution in [2.45, 2.75) is 19.4 Å². The highest BCUT2D eigenvalue weighted by molar-refractivity contribution is 5.81. The summed E-state index contributed by atoms with van der Waals surface area (Å²) in [5.41, 5.74) is 5.30. The highest BCUT2D eigenvalue weighted by Crippen LogP contribution is 2.18. The summed E-state index contributed by atoms with van der Waals surface area (Å²) in [6.07, 6.45) is 1.41. The van der Waals surface area contributed by atoms with Crippen LogP contribution >= 0.6 is 0 Å². The lowest BCUT2D eigenvalue weighted by molar-refractivity contribution is 0.106. The molecule has 0 spiro atoms. The number of ether oxygens (including phenoxy) is 1. The van der Waals surface area contributed by atoms with Gasteiger partial charge in [0.05, 0.1) is 12.6 Å². The predicted molar refractivity (Wildman–Crippen MR) is 49.8 cm³/mol. The van der Waals surface area contributed by atoms with Gasteiger partial charge in [0.2, 0.25) is 0 Å². The highest BCUT2D eigenvalue weighted by atomic mass is 16.5. The fourth-order valence-corrected chi connectivity index (χ4v) is 1.47. The van der Waals surface area contributed by atoms with Gasteiger partial charge in [-0.25, -0.2) is 0 Å². The van der Waals surface area contributed by atoms with Crippen molar-refractivity contribution in [1.29, 1.82) is 0 Å². The minimum absolute atomic E-state index is 0.214. The van der Waals surface area contributed by atoms with Gasteiger partial charge in [-0.15, -0.1) is 0 Å². The molecule has 76 valence electrons. The third-order valence-corrected chi connectivity index (χ3v) is 2.37. The third kappa shape index (κ3) is 3.20. The lowest BCUT2D eigenvalue weighted by Crippen LogP contribution is -2.34. The van der Waals surface area contributed by atoms with Crippen LogP contribution in [0.4, 0.5) is 0 Å². The van der Waals surface area contributed by atoms with E-state index in [-0.39, 0.29) is 5.84 Å². The zero-order valence-corrected chi connectivity index (χ0v) is 7.86. The van der Waals surface area contributed by atoms with Crippen LogP contribution in [0.2, 0.25) is 0 Å². The number of amidine groups is 1. The second-order valence-corrected chi connectivity index (χ2v) is 3.35. The van der Waals surface area contributed by atoms with Crippen molar-refractivity contribution in [3.63, 3.8) is 0 Å². The van der Waals surface area contributed by atoms with Crippen molar-refractivity contribution < 1.29 is 9.94 Å². The van der Waals surface area contributed by atoms with Gasteiger partial charge in [0.1, 0.15) is 0 Å². The lowest BCUT2D eigenvalue weighted by Gasteiger charge is -2.13. The van der Waals surface area contributed by atoms with Gasteiger partial charge in [-0.05, 0) is 19.3 Å². The average molecular weight is 187 g/mol. The van der Waals surface area contributed by atoms with Crippen LogP contribution in [0.3, 0.4) is 0 Å². The van der Waals surface area contributed by atoms with Crippen molar-refractivity contribution in [2.75, 3.05) is 19.7 Å². The van der Waals surface area contributed by atoms with E-state index in [4.69, 9.17) is 15.7 Å². The maximum atomic E-state index is 8.28. The van der Waals surface area contributed by atoms with Crippen LogP contribution < -0.4 is 11.1 Å². The van der Waals surface area contributed by atoms with E-state index in [1.807, 2.05) is 0 Å². The van der Waals surface area contributed by atoms with E-state index in [2.05, 4.69) is 17.4 Å². The van der Waals surface area contributed by atoms with Crippen molar-refractivity contribution in [1.82, 2.24) is 5.32 Å². The average Bonchev–Trinajstić information content (AvgIpc) is 2.52.